The fourth-order valence-corrected chi connectivity index (χ4v) is 5.84. The van der Waals surface area contributed by atoms with Crippen molar-refractivity contribution >= 4 is 50.5 Å². The maximum Gasteiger partial charge on any atom is 0.263 e. The van der Waals surface area contributed by atoms with Gasteiger partial charge in [-0.05, 0) is 85.0 Å². The van der Waals surface area contributed by atoms with Gasteiger partial charge in [0.05, 0.1) is 10.7 Å². The van der Waals surface area contributed by atoms with Crippen molar-refractivity contribution in [2.45, 2.75) is 44.9 Å². The Balaban J connectivity index is 1.49. The monoisotopic (exact) mass is 589 g/mol. The molecule has 0 aliphatic carbocycles. The second kappa shape index (κ2) is 11.8. The van der Waals surface area contributed by atoms with Gasteiger partial charge in [0.1, 0.15) is 4.90 Å². The lowest BCUT2D eigenvalue weighted by molar-refractivity contribution is 0.101. The van der Waals surface area contributed by atoms with Gasteiger partial charge in [-0.25, -0.2) is 8.42 Å². The molecule has 7 nitrogen and oxygen atoms in total. The number of sulfonamides is 1. The SMILES string of the molecule is Cc1ccc(NS(=O)(=O)c2cc(C(=O)Nc3cccc(NC(=O)c4ccc(C(C)(C)C)cc4)c3)ccc2Cl)c(C)c1. The summed E-state index contributed by atoms with van der Waals surface area (Å²) in [6.07, 6.45) is 0. The van der Waals surface area contributed by atoms with Gasteiger partial charge in [0.25, 0.3) is 21.8 Å². The first-order valence-corrected chi connectivity index (χ1v) is 14.8. The summed E-state index contributed by atoms with van der Waals surface area (Å²) < 4.78 is 28.9. The van der Waals surface area contributed by atoms with Crippen molar-refractivity contribution in [1.82, 2.24) is 0 Å². The third-order valence-electron chi connectivity index (χ3n) is 6.50. The Bertz CT molecular complexity index is 1730. The van der Waals surface area contributed by atoms with Gasteiger partial charge in [0.15, 0.2) is 0 Å². The highest BCUT2D eigenvalue weighted by molar-refractivity contribution is 7.92. The number of hydrogen-bond acceptors (Lipinski definition) is 4. The molecule has 3 N–H and O–H groups in total. The Kier molecular flexibility index (Phi) is 8.56. The van der Waals surface area contributed by atoms with E-state index in [4.69, 9.17) is 11.6 Å². The molecule has 0 bridgehead atoms. The molecule has 0 fully saturated rings. The van der Waals surface area contributed by atoms with Gasteiger partial charge in [-0.15, -0.1) is 0 Å². The molecule has 0 aromatic heterocycles. The molecule has 0 aliphatic heterocycles. The van der Waals surface area contributed by atoms with Crippen molar-refractivity contribution in [2.75, 3.05) is 15.4 Å². The Labute approximate surface area is 246 Å². The molecule has 0 spiro atoms. The van der Waals surface area contributed by atoms with Crippen molar-refractivity contribution in [2.24, 2.45) is 0 Å². The van der Waals surface area contributed by atoms with E-state index < -0.39 is 15.9 Å². The third kappa shape index (κ3) is 7.34. The number of carbonyl (C=O) groups excluding carboxylic acids is 2. The summed E-state index contributed by atoms with van der Waals surface area (Å²) in [6, 6.07) is 23.5. The Morgan fingerprint density at radius 3 is 1.90 bits per heavy atom. The summed E-state index contributed by atoms with van der Waals surface area (Å²) in [4.78, 5) is 25.6. The molecule has 2 amide bonds. The number of amides is 2. The number of aryl methyl sites for hydroxylation is 2. The van der Waals surface area contributed by atoms with Gasteiger partial charge in [0.2, 0.25) is 0 Å². The highest BCUT2D eigenvalue weighted by Crippen LogP contribution is 2.28. The van der Waals surface area contributed by atoms with Crippen LogP contribution >= 0.6 is 11.6 Å². The second-order valence-electron chi connectivity index (χ2n) is 10.9. The van der Waals surface area contributed by atoms with Gasteiger partial charge in [0, 0.05) is 22.5 Å². The summed E-state index contributed by atoms with van der Waals surface area (Å²) in [6.45, 7) is 10.0. The van der Waals surface area contributed by atoms with E-state index in [1.54, 1.807) is 55.5 Å². The van der Waals surface area contributed by atoms with Gasteiger partial charge in [-0.3, -0.25) is 14.3 Å². The first kappa shape index (κ1) is 29.8. The smallest absolute Gasteiger partial charge is 0.263 e. The number of benzene rings is 4. The average molecular weight is 590 g/mol. The first-order valence-electron chi connectivity index (χ1n) is 13.0. The normalized spacial score (nSPS) is 11.6. The summed E-state index contributed by atoms with van der Waals surface area (Å²) >= 11 is 6.24. The number of rotatable bonds is 7. The molecule has 0 atom stereocenters. The van der Waals surface area contributed by atoms with E-state index in [0.29, 0.717) is 22.6 Å². The third-order valence-corrected chi connectivity index (χ3v) is 8.35. The maximum atomic E-state index is 13.2. The number of halogens is 1. The Morgan fingerprint density at radius 1 is 0.732 bits per heavy atom. The molecule has 4 rings (SSSR count). The van der Waals surface area contributed by atoms with Crippen molar-refractivity contribution in [1.29, 1.82) is 0 Å². The lowest BCUT2D eigenvalue weighted by Gasteiger charge is -2.19. The lowest BCUT2D eigenvalue weighted by Crippen LogP contribution is -2.17. The van der Waals surface area contributed by atoms with E-state index >= 15 is 0 Å². The molecule has 0 saturated heterocycles. The highest BCUT2D eigenvalue weighted by Gasteiger charge is 2.21. The zero-order chi connectivity index (χ0) is 29.9. The fourth-order valence-electron chi connectivity index (χ4n) is 4.18. The van der Waals surface area contributed by atoms with Crippen LogP contribution in [-0.4, -0.2) is 20.2 Å². The highest BCUT2D eigenvalue weighted by atomic mass is 35.5. The molecular weight excluding hydrogens is 558 g/mol. The number of nitrogens with one attached hydrogen (secondary N) is 3. The number of hydrogen-bond donors (Lipinski definition) is 3. The van der Waals surface area contributed by atoms with Crippen LogP contribution in [0.25, 0.3) is 0 Å². The molecular formula is C32H32ClN3O4S. The summed E-state index contributed by atoms with van der Waals surface area (Å²) in [5.74, 6) is -0.816. The maximum absolute atomic E-state index is 13.2. The van der Waals surface area contributed by atoms with Crippen molar-refractivity contribution < 1.29 is 18.0 Å². The topological polar surface area (TPSA) is 104 Å². The van der Waals surface area contributed by atoms with Crippen molar-refractivity contribution in [3.8, 4) is 0 Å². The summed E-state index contributed by atoms with van der Waals surface area (Å²) in [5, 5.41) is 5.58. The molecule has 0 saturated carbocycles. The Morgan fingerprint density at radius 2 is 1.32 bits per heavy atom. The standard InChI is InChI=1S/C32H32ClN3O4S/c1-20-9-16-28(21(2)17-20)36-41(39,40)29-18-23(12-15-27(29)33)31(38)35-26-8-6-7-25(19-26)34-30(37)22-10-13-24(14-11-22)32(3,4)5/h6-19,36H,1-5H3,(H,34,37)(H,35,38). The van der Waals surface area contributed by atoms with E-state index in [1.165, 1.54) is 18.2 Å². The Hall–Kier alpha value is -4.14. The van der Waals surface area contributed by atoms with Crippen LogP contribution in [0.5, 0.6) is 0 Å². The molecule has 0 heterocycles. The van der Waals surface area contributed by atoms with E-state index in [1.807, 2.05) is 25.1 Å². The molecule has 0 aliphatic rings. The van der Waals surface area contributed by atoms with Crippen LogP contribution in [-0.2, 0) is 15.4 Å². The average Bonchev–Trinajstić information content (AvgIpc) is 2.90. The van der Waals surface area contributed by atoms with Crippen LogP contribution in [0.2, 0.25) is 5.02 Å². The predicted molar refractivity (Wildman–Crippen MR) is 166 cm³/mol. The van der Waals surface area contributed by atoms with E-state index in [2.05, 4.69) is 36.1 Å². The molecule has 0 radical (unpaired) electrons. The first-order chi connectivity index (χ1) is 19.2. The lowest BCUT2D eigenvalue weighted by atomic mass is 9.87. The largest absolute Gasteiger partial charge is 0.322 e. The van der Waals surface area contributed by atoms with Gasteiger partial charge < -0.3 is 10.6 Å². The summed E-state index contributed by atoms with van der Waals surface area (Å²) in [7, 11) is -4.08. The molecule has 41 heavy (non-hydrogen) atoms. The van der Waals surface area contributed by atoms with E-state index in [9.17, 15) is 18.0 Å². The van der Waals surface area contributed by atoms with Crippen LogP contribution < -0.4 is 15.4 Å². The zero-order valence-electron chi connectivity index (χ0n) is 23.5. The molecule has 9 heteroatoms. The zero-order valence-corrected chi connectivity index (χ0v) is 25.1. The van der Waals surface area contributed by atoms with Crippen LogP contribution in [0.3, 0.4) is 0 Å². The minimum atomic E-state index is -4.08. The molecule has 212 valence electrons. The predicted octanol–water partition coefficient (Wildman–Crippen LogP) is 7.56. The summed E-state index contributed by atoms with van der Waals surface area (Å²) in [5.41, 5.74) is 4.80. The van der Waals surface area contributed by atoms with Crippen molar-refractivity contribution in [3.63, 3.8) is 0 Å². The van der Waals surface area contributed by atoms with Crippen molar-refractivity contribution in [3.05, 3.63) is 118 Å². The number of carbonyl (C=O) groups is 2. The van der Waals surface area contributed by atoms with Crippen LogP contribution in [0.4, 0.5) is 17.1 Å². The fraction of sp³-hybridized carbons (Fsp3) is 0.188. The molecule has 4 aromatic carbocycles. The van der Waals surface area contributed by atoms with Gasteiger partial charge in [-0.1, -0.05) is 68.3 Å². The minimum Gasteiger partial charge on any atom is -0.322 e. The number of anilines is 3. The quantitative estimate of drug-likeness (QED) is 0.207. The van der Waals surface area contributed by atoms with Crippen LogP contribution in [0.1, 0.15) is 58.2 Å². The minimum absolute atomic E-state index is 0.0148. The van der Waals surface area contributed by atoms with E-state index in [0.717, 1.165) is 16.7 Å². The molecule has 4 aromatic rings. The van der Waals surface area contributed by atoms with Crippen LogP contribution in [0.15, 0.2) is 89.8 Å². The molecule has 0 unspecified atom stereocenters. The van der Waals surface area contributed by atoms with E-state index in [-0.39, 0.29) is 26.8 Å². The van der Waals surface area contributed by atoms with Crippen LogP contribution in [0, 0.1) is 13.8 Å². The second-order valence-corrected chi connectivity index (χ2v) is 12.9. The van der Waals surface area contributed by atoms with Gasteiger partial charge >= 0.3 is 0 Å². The van der Waals surface area contributed by atoms with Gasteiger partial charge in [-0.2, -0.15) is 0 Å².